The Bertz CT molecular complexity index is 1050. The molecular formula is C22H22N4O. The number of aromatic amines is 1. The van der Waals surface area contributed by atoms with Gasteiger partial charge in [0.25, 0.3) is 0 Å². The summed E-state index contributed by atoms with van der Waals surface area (Å²) in [5.41, 5.74) is 5.55. The summed E-state index contributed by atoms with van der Waals surface area (Å²) in [5.74, 6) is 1.62. The predicted molar refractivity (Wildman–Crippen MR) is 108 cm³/mol. The monoisotopic (exact) mass is 358 g/mol. The molecule has 0 bridgehead atoms. The molecule has 0 radical (unpaired) electrons. The minimum Gasteiger partial charge on any atom is -0.497 e. The number of aromatic nitrogens is 3. The Morgan fingerprint density at radius 3 is 2.63 bits per heavy atom. The smallest absolute Gasteiger partial charge is 0.159 e. The second kappa shape index (κ2) is 7.60. The van der Waals surface area contributed by atoms with Gasteiger partial charge in [-0.3, -0.25) is 0 Å². The maximum absolute atomic E-state index is 5.28. The Kier molecular flexibility index (Phi) is 4.85. The van der Waals surface area contributed by atoms with Crippen LogP contribution in [0.15, 0.2) is 60.9 Å². The average Bonchev–Trinajstić information content (AvgIpc) is 3.10. The number of benzene rings is 2. The van der Waals surface area contributed by atoms with Crippen molar-refractivity contribution in [2.45, 2.75) is 20.0 Å². The topological polar surface area (TPSA) is 62.8 Å². The number of methoxy groups -OCH3 is 1. The van der Waals surface area contributed by atoms with Crippen LogP contribution in [0.3, 0.4) is 0 Å². The third-order valence-electron chi connectivity index (χ3n) is 4.51. The lowest BCUT2D eigenvalue weighted by Gasteiger charge is -2.05. The van der Waals surface area contributed by atoms with Gasteiger partial charge >= 0.3 is 0 Å². The molecule has 0 spiro atoms. The quantitative estimate of drug-likeness (QED) is 0.541. The van der Waals surface area contributed by atoms with Crippen LogP contribution in [0.1, 0.15) is 16.8 Å². The van der Waals surface area contributed by atoms with Crippen LogP contribution in [-0.2, 0) is 13.1 Å². The second-order valence-corrected chi connectivity index (χ2v) is 6.64. The molecule has 0 aliphatic carbocycles. The Morgan fingerprint density at radius 1 is 1.00 bits per heavy atom. The molecule has 2 N–H and O–H groups in total. The number of fused-ring (bicyclic) bond motifs is 1. The molecule has 2 aromatic carbocycles. The normalized spacial score (nSPS) is 11.0. The Hall–Kier alpha value is -3.18. The van der Waals surface area contributed by atoms with Crippen LogP contribution in [0.2, 0.25) is 0 Å². The Balaban J connectivity index is 1.37. The van der Waals surface area contributed by atoms with Crippen molar-refractivity contribution in [1.82, 2.24) is 20.3 Å². The summed E-state index contributed by atoms with van der Waals surface area (Å²) in [7, 11) is 1.68. The molecular weight excluding hydrogens is 336 g/mol. The van der Waals surface area contributed by atoms with E-state index in [9.17, 15) is 0 Å². The summed E-state index contributed by atoms with van der Waals surface area (Å²) in [5, 5.41) is 4.58. The molecule has 136 valence electrons. The van der Waals surface area contributed by atoms with Crippen molar-refractivity contribution in [2.24, 2.45) is 0 Å². The molecule has 27 heavy (non-hydrogen) atoms. The minimum absolute atomic E-state index is 0.715. The molecule has 0 saturated heterocycles. The maximum Gasteiger partial charge on any atom is 0.159 e. The standard InChI is InChI=1S/C22H22N4O/c1-15-4-3-5-17(8-15)22-24-12-16(13-25-22)11-23-14-19-9-18-10-20(27-2)6-7-21(18)26-19/h3-10,12-13,23,26H,11,14H2,1-2H3. The number of hydrogen-bond donors (Lipinski definition) is 2. The summed E-state index contributed by atoms with van der Waals surface area (Å²) in [4.78, 5) is 12.4. The Morgan fingerprint density at radius 2 is 1.85 bits per heavy atom. The number of H-pyrrole nitrogens is 1. The highest BCUT2D eigenvalue weighted by atomic mass is 16.5. The molecule has 0 saturated carbocycles. The summed E-state index contributed by atoms with van der Waals surface area (Å²) in [6.45, 7) is 3.53. The fraction of sp³-hybridized carbons (Fsp3) is 0.182. The summed E-state index contributed by atoms with van der Waals surface area (Å²) >= 11 is 0. The van der Waals surface area contributed by atoms with Crippen molar-refractivity contribution < 1.29 is 4.74 Å². The van der Waals surface area contributed by atoms with Gasteiger partial charge in [-0.15, -0.1) is 0 Å². The predicted octanol–water partition coefficient (Wildman–Crippen LogP) is 4.23. The van der Waals surface area contributed by atoms with Gasteiger partial charge < -0.3 is 15.0 Å². The first-order valence-corrected chi connectivity index (χ1v) is 8.95. The molecule has 4 aromatic rings. The zero-order valence-corrected chi connectivity index (χ0v) is 15.5. The first-order chi connectivity index (χ1) is 13.2. The molecule has 0 aliphatic heterocycles. The van der Waals surface area contributed by atoms with E-state index in [-0.39, 0.29) is 0 Å². The number of nitrogens with one attached hydrogen (secondary N) is 2. The highest BCUT2D eigenvalue weighted by Gasteiger charge is 2.04. The van der Waals surface area contributed by atoms with Gasteiger partial charge in [-0.2, -0.15) is 0 Å². The van der Waals surface area contributed by atoms with E-state index >= 15 is 0 Å². The molecule has 0 atom stereocenters. The van der Waals surface area contributed by atoms with Crippen LogP contribution in [0.5, 0.6) is 5.75 Å². The molecule has 2 heterocycles. The molecule has 2 aromatic heterocycles. The van der Waals surface area contributed by atoms with Crippen molar-refractivity contribution in [3.05, 3.63) is 77.7 Å². The van der Waals surface area contributed by atoms with E-state index in [1.807, 2.05) is 42.7 Å². The average molecular weight is 358 g/mol. The third-order valence-corrected chi connectivity index (χ3v) is 4.51. The highest BCUT2D eigenvalue weighted by Crippen LogP contribution is 2.21. The molecule has 0 amide bonds. The number of hydrogen-bond acceptors (Lipinski definition) is 4. The Labute approximate surface area is 158 Å². The zero-order chi connectivity index (χ0) is 18.6. The molecule has 0 unspecified atom stereocenters. The third kappa shape index (κ3) is 3.99. The first kappa shape index (κ1) is 17.2. The van der Waals surface area contributed by atoms with Gasteiger partial charge in [-0.1, -0.05) is 23.8 Å². The number of nitrogens with zero attached hydrogens (tertiary/aromatic N) is 2. The van der Waals surface area contributed by atoms with Gasteiger partial charge in [-0.25, -0.2) is 9.97 Å². The first-order valence-electron chi connectivity index (χ1n) is 8.95. The van der Waals surface area contributed by atoms with E-state index in [0.29, 0.717) is 6.54 Å². The molecule has 4 rings (SSSR count). The van der Waals surface area contributed by atoms with Gasteiger partial charge in [0.2, 0.25) is 0 Å². The van der Waals surface area contributed by atoms with Gasteiger partial charge in [0.15, 0.2) is 5.82 Å². The SMILES string of the molecule is COc1ccc2[nH]c(CNCc3cnc(-c4cccc(C)c4)nc3)cc2c1. The van der Waals surface area contributed by atoms with Crippen molar-refractivity contribution in [2.75, 3.05) is 7.11 Å². The lowest BCUT2D eigenvalue weighted by atomic mass is 10.1. The van der Waals surface area contributed by atoms with E-state index in [4.69, 9.17) is 4.74 Å². The van der Waals surface area contributed by atoms with Crippen LogP contribution in [0.4, 0.5) is 0 Å². The van der Waals surface area contributed by atoms with Crippen molar-refractivity contribution in [1.29, 1.82) is 0 Å². The maximum atomic E-state index is 5.28. The lowest BCUT2D eigenvalue weighted by Crippen LogP contribution is -2.13. The fourth-order valence-electron chi connectivity index (χ4n) is 3.11. The summed E-state index contributed by atoms with van der Waals surface area (Å²) < 4.78 is 5.28. The van der Waals surface area contributed by atoms with E-state index in [1.54, 1.807) is 7.11 Å². The van der Waals surface area contributed by atoms with Gasteiger partial charge in [0.1, 0.15) is 5.75 Å². The summed E-state index contributed by atoms with van der Waals surface area (Å²) in [6.07, 6.45) is 3.77. The van der Waals surface area contributed by atoms with Crippen molar-refractivity contribution in [3.8, 4) is 17.1 Å². The molecule has 0 aliphatic rings. The second-order valence-electron chi connectivity index (χ2n) is 6.64. The summed E-state index contributed by atoms with van der Waals surface area (Å²) in [6, 6.07) is 16.4. The van der Waals surface area contributed by atoms with Crippen LogP contribution in [-0.4, -0.2) is 22.1 Å². The van der Waals surface area contributed by atoms with Gasteiger partial charge in [0.05, 0.1) is 7.11 Å². The number of ether oxygens (including phenoxy) is 1. The van der Waals surface area contributed by atoms with Crippen LogP contribution < -0.4 is 10.1 Å². The van der Waals surface area contributed by atoms with E-state index < -0.39 is 0 Å². The highest BCUT2D eigenvalue weighted by molar-refractivity contribution is 5.81. The van der Waals surface area contributed by atoms with Gasteiger partial charge in [0, 0.05) is 53.2 Å². The van der Waals surface area contributed by atoms with Crippen LogP contribution in [0.25, 0.3) is 22.3 Å². The van der Waals surface area contributed by atoms with Crippen LogP contribution in [0, 0.1) is 6.92 Å². The lowest BCUT2D eigenvalue weighted by molar-refractivity contribution is 0.415. The fourth-order valence-corrected chi connectivity index (χ4v) is 3.11. The number of aryl methyl sites for hydroxylation is 1. The van der Waals surface area contributed by atoms with E-state index in [1.165, 1.54) is 5.56 Å². The van der Waals surface area contributed by atoms with Crippen molar-refractivity contribution >= 4 is 10.9 Å². The largest absolute Gasteiger partial charge is 0.497 e. The minimum atomic E-state index is 0.715. The van der Waals surface area contributed by atoms with E-state index in [0.717, 1.165) is 45.8 Å². The molecule has 0 fully saturated rings. The molecule has 5 nitrogen and oxygen atoms in total. The molecule has 5 heteroatoms. The zero-order valence-electron chi connectivity index (χ0n) is 15.5. The van der Waals surface area contributed by atoms with Crippen molar-refractivity contribution in [3.63, 3.8) is 0 Å². The van der Waals surface area contributed by atoms with E-state index in [2.05, 4.69) is 45.4 Å². The van der Waals surface area contributed by atoms with Gasteiger partial charge in [-0.05, 0) is 37.3 Å². The van der Waals surface area contributed by atoms with Crippen LogP contribution >= 0.6 is 0 Å². The number of rotatable bonds is 6.